The van der Waals surface area contributed by atoms with Gasteiger partial charge in [0.2, 0.25) is 0 Å². The monoisotopic (exact) mass is 284 g/mol. The number of hydrogen-bond donors (Lipinski definition) is 1. The average Bonchev–Trinajstić information content (AvgIpc) is 2.96. The van der Waals surface area contributed by atoms with E-state index in [1.54, 1.807) is 0 Å². The molecule has 0 bridgehead atoms. The molecular weight excluding hydrogens is 256 g/mol. The van der Waals surface area contributed by atoms with Gasteiger partial charge in [-0.1, -0.05) is 0 Å². The van der Waals surface area contributed by atoms with Crippen molar-refractivity contribution >= 4 is 6.03 Å². The lowest BCUT2D eigenvalue weighted by Gasteiger charge is -2.33. The van der Waals surface area contributed by atoms with E-state index < -0.39 is 0 Å². The Kier molecular flexibility index (Phi) is 6.60. The third-order valence-electron chi connectivity index (χ3n) is 4.18. The number of rotatable bonds is 6. The zero-order valence-corrected chi connectivity index (χ0v) is 12.6. The fourth-order valence-electron chi connectivity index (χ4n) is 2.84. The van der Waals surface area contributed by atoms with Gasteiger partial charge >= 0.3 is 6.03 Å². The van der Waals surface area contributed by atoms with Gasteiger partial charge in [0.25, 0.3) is 0 Å². The second-order valence-electron chi connectivity index (χ2n) is 5.93. The van der Waals surface area contributed by atoms with Crippen molar-refractivity contribution in [3.05, 3.63) is 0 Å². The topological polar surface area (TPSA) is 50.8 Å². The highest BCUT2D eigenvalue weighted by Crippen LogP contribution is 2.16. The Morgan fingerprint density at radius 2 is 2.30 bits per heavy atom. The van der Waals surface area contributed by atoms with Crippen molar-refractivity contribution in [2.45, 2.75) is 45.1 Å². The lowest BCUT2D eigenvalue weighted by Crippen LogP contribution is -2.47. The Balaban J connectivity index is 1.48. The van der Waals surface area contributed by atoms with E-state index in [1.165, 1.54) is 6.42 Å². The van der Waals surface area contributed by atoms with Crippen LogP contribution in [0.5, 0.6) is 0 Å². The summed E-state index contributed by atoms with van der Waals surface area (Å²) in [5.41, 5.74) is 0. The molecule has 0 spiro atoms. The van der Waals surface area contributed by atoms with Crippen molar-refractivity contribution in [1.82, 2.24) is 10.2 Å². The molecule has 1 N–H and O–H groups in total. The van der Waals surface area contributed by atoms with Crippen LogP contribution >= 0.6 is 0 Å². The highest BCUT2D eigenvalue weighted by atomic mass is 16.5. The standard InChI is InChI=1S/C15H28N2O3/c1-13-5-2-3-8-17(13)15(18)16-7-4-9-19-11-14-6-10-20-12-14/h13-14H,2-12H2,1H3,(H,16,18)/t13-,14-/m1/s1. The quantitative estimate of drug-likeness (QED) is 0.759. The summed E-state index contributed by atoms with van der Waals surface area (Å²) in [6.45, 7) is 6.94. The van der Waals surface area contributed by atoms with E-state index in [0.29, 0.717) is 25.1 Å². The van der Waals surface area contributed by atoms with Crippen molar-refractivity contribution in [1.29, 1.82) is 0 Å². The molecule has 2 aliphatic rings. The molecule has 5 heteroatoms. The molecule has 0 unspecified atom stereocenters. The van der Waals surface area contributed by atoms with Gasteiger partial charge in [-0.05, 0) is 39.0 Å². The first kappa shape index (κ1) is 15.6. The second kappa shape index (κ2) is 8.47. The maximum absolute atomic E-state index is 12.0. The third kappa shape index (κ3) is 4.94. The first-order valence-corrected chi connectivity index (χ1v) is 7.97. The van der Waals surface area contributed by atoms with Gasteiger partial charge in [-0.25, -0.2) is 4.79 Å². The number of nitrogens with zero attached hydrogens (tertiary/aromatic N) is 1. The van der Waals surface area contributed by atoms with E-state index >= 15 is 0 Å². The molecule has 0 aromatic heterocycles. The van der Waals surface area contributed by atoms with Crippen LogP contribution in [0.4, 0.5) is 4.79 Å². The van der Waals surface area contributed by atoms with Crippen LogP contribution in [0.25, 0.3) is 0 Å². The lowest BCUT2D eigenvalue weighted by atomic mass is 10.0. The number of hydrogen-bond acceptors (Lipinski definition) is 3. The first-order chi connectivity index (χ1) is 9.77. The van der Waals surface area contributed by atoms with Gasteiger partial charge in [-0.2, -0.15) is 0 Å². The summed E-state index contributed by atoms with van der Waals surface area (Å²) in [5.74, 6) is 0.568. The van der Waals surface area contributed by atoms with Gasteiger partial charge < -0.3 is 19.7 Å². The van der Waals surface area contributed by atoms with Crippen LogP contribution in [-0.2, 0) is 9.47 Å². The minimum atomic E-state index is 0.0846. The van der Waals surface area contributed by atoms with Crippen LogP contribution in [0.1, 0.15) is 39.0 Å². The fourth-order valence-corrected chi connectivity index (χ4v) is 2.84. The Morgan fingerprint density at radius 1 is 1.40 bits per heavy atom. The molecule has 0 aromatic rings. The van der Waals surface area contributed by atoms with E-state index in [1.807, 2.05) is 4.90 Å². The Morgan fingerprint density at radius 3 is 3.05 bits per heavy atom. The summed E-state index contributed by atoms with van der Waals surface area (Å²) < 4.78 is 10.9. The number of carbonyl (C=O) groups excluding carboxylic acids is 1. The number of carbonyl (C=O) groups is 1. The molecule has 2 atom stereocenters. The van der Waals surface area contributed by atoms with Crippen molar-refractivity contribution in [3.8, 4) is 0 Å². The fraction of sp³-hybridized carbons (Fsp3) is 0.933. The van der Waals surface area contributed by atoms with Gasteiger partial charge in [0.15, 0.2) is 0 Å². The molecule has 2 rings (SSSR count). The molecule has 0 aliphatic carbocycles. The summed E-state index contributed by atoms with van der Waals surface area (Å²) in [7, 11) is 0. The first-order valence-electron chi connectivity index (χ1n) is 7.97. The molecule has 0 radical (unpaired) electrons. The molecule has 20 heavy (non-hydrogen) atoms. The van der Waals surface area contributed by atoms with Crippen LogP contribution in [0.2, 0.25) is 0 Å². The number of nitrogens with one attached hydrogen (secondary N) is 1. The summed E-state index contributed by atoms with van der Waals surface area (Å²) in [6.07, 6.45) is 5.49. The molecule has 2 saturated heterocycles. The number of ether oxygens (including phenoxy) is 2. The zero-order chi connectivity index (χ0) is 14.2. The minimum Gasteiger partial charge on any atom is -0.381 e. The van der Waals surface area contributed by atoms with Crippen LogP contribution in [0.3, 0.4) is 0 Å². The average molecular weight is 284 g/mol. The SMILES string of the molecule is C[C@@H]1CCCCN1C(=O)NCCCOC[C@H]1CCOC1. The number of urea groups is 1. The number of likely N-dealkylation sites (tertiary alicyclic amines) is 1. The van der Waals surface area contributed by atoms with E-state index in [2.05, 4.69) is 12.2 Å². The maximum atomic E-state index is 12.0. The zero-order valence-electron chi connectivity index (χ0n) is 12.6. The molecule has 2 heterocycles. The van der Waals surface area contributed by atoms with Crippen LogP contribution in [0.15, 0.2) is 0 Å². The molecule has 2 aliphatic heterocycles. The summed E-state index contributed by atoms with van der Waals surface area (Å²) in [6, 6.07) is 0.462. The molecule has 0 saturated carbocycles. The van der Waals surface area contributed by atoms with Crippen molar-refractivity contribution < 1.29 is 14.3 Å². The van der Waals surface area contributed by atoms with Crippen molar-refractivity contribution in [3.63, 3.8) is 0 Å². The summed E-state index contributed by atoms with van der Waals surface area (Å²) in [4.78, 5) is 14.0. The Bertz CT molecular complexity index is 293. The summed E-state index contributed by atoms with van der Waals surface area (Å²) in [5, 5.41) is 2.99. The highest BCUT2D eigenvalue weighted by molar-refractivity contribution is 5.74. The van der Waals surface area contributed by atoms with Gasteiger partial charge in [0.05, 0.1) is 13.2 Å². The molecule has 2 amide bonds. The third-order valence-corrected chi connectivity index (χ3v) is 4.18. The smallest absolute Gasteiger partial charge is 0.317 e. The van der Waals surface area contributed by atoms with E-state index in [9.17, 15) is 4.79 Å². The minimum absolute atomic E-state index is 0.0846. The van der Waals surface area contributed by atoms with Crippen molar-refractivity contribution in [2.75, 3.05) is 39.5 Å². The number of piperidine rings is 1. The van der Waals surface area contributed by atoms with E-state index in [0.717, 1.165) is 52.0 Å². The summed E-state index contributed by atoms with van der Waals surface area (Å²) >= 11 is 0. The van der Waals surface area contributed by atoms with Gasteiger partial charge in [-0.3, -0.25) is 0 Å². The maximum Gasteiger partial charge on any atom is 0.317 e. The number of amides is 2. The largest absolute Gasteiger partial charge is 0.381 e. The molecule has 5 nitrogen and oxygen atoms in total. The van der Waals surface area contributed by atoms with E-state index in [-0.39, 0.29) is 6.03 Å². The Labute approximate surface area is 122 Å². The molecule has 0 aromatic carbocycles. The predicted molar refractivity (Wildman–Crippen MR) is 77.8 cm³/mol. The van der Waals surface area contributed by atoms with Gasteiger partial charge in [0, 0.05) is 38.3 Å². The van der Waals surface area contributed by atoms with E-state index in [4.69, 9.17) is 9.47 Å². The van der Waals surface area contributed by atoms with Crippen LogP contribution in [-0.4, -0.2) is 56.5 Å². The van der Waals surface area contributed by atoms with Gasteiger partial charge in [0.1, 0.15) is 0 Å². The van der Waals surface area contributed by atoms with Crippen molar-refractivity contribution in [2.24, 2.45) is 5.92 Å². The van der Waals surface area contributed by atoms with Crippen LogP contribution in [0, 0.1) is 5.92 Å². The normalized spacial score (nSPS) is 26.8. The van der Waals surface area contributed by atoms with Gasteiger partial charge in [-0.15, -0.1) is 0 Å². The predicted octanol–water partition coefficient (Wildman–Crippen LogP) is 2.01. The second-order valence-corrected chi connectivity index (χ2v) is 5.93. The van der Waals surface area contributed by atoms with Crippen LogP contribution < -0.4 is 5.32 Å². The lowest BCUT2D eigenvalue weighted by molar-refractivity contribution is 0.0880. The Hall–Kier alpha value is -0.810. The molecule has 2 fully saturated rings. The molecular formula is C15H28N2O3. The highest BCUT2D eigenvalue weighted by Gasteiger charge is 2.22. The molecule has 116 valence electrons.